The minimum atomic E-state index is -1.13. The third-order valence-corrected chi connectivity index (χ3v) is 3.30. The molecule has 3 heteroatoms. The zero-order valence-corrected chi connectivity index (χ0v) is 12.5. The molecule has 0 heterocycles. The maximum atomic E-state index is 10.1. The van der Waals surface area contributed by atoms with Crippen molar-refractivity contribution >= 4 is 17.6 Å². The van der Waals surface area contributed by atoms with E-state index in [1.54, 1.807) is 18.2 Å². The fraction of sp³-hybridized carbons (Fsp3) is 0. The summed E-state index contributed by atoms with van der Waals surface area (Å²) in [6.07, 6.45) is 0. The van der Waals surface area contributed by atoms with Gasteiger partial charge >= 0.3 is 0 Å². The highest BCUT2D eigenvalue weighted by atomic mass is 35.5. The SMILES string of the molecule is Clc1ccccc1-c1ccccc1.O=C([O-])c1ccccc1. The number of carbonyl (C=O) groups is 1. The van der Waals surface area contributed by atoms with E-state index < -0.39 is 5.97 Å². The second-order valence-corrected chi connectivity index (χ2v) is 4.91. The molecule has 0 aliphatic heterocycles. The van der Waals surface area contributed by atoms with Crippen molar-refractivity contribution in [1.29, 1.82) is 0 Å². The Morgan fingerprint density at radius 1 is 0.727 bits per heavy atom. The Morgan fingerprint density at radius 2 is 1.23 bits per heavy atom. The smallest absolute Gasteiger partial charge is 0.0715 e. The maximum absolute atomic E-state index is 10.1. The van der Waals surface area contributed by atoms with Crippen molar-refractivity contribution in [2.45, 2.75) is 0 Å². The molecule has 0 amide bonds. The van der Waals surface area contributed by atoms with Crippen LogP contribution in [0.3, 0.4) is 0 Å². The van der Waals surface area contributed by atoms with Gasteiger partial charge in [-0.1, -0.05) is 90.5 Å². The van der Waals surface area contributed by atoms with E-state index in [0.717, 1.165) is 16.1 Å². The van der Waals surface area contributed by atoms with Crippen molar-refractivity contribution < 1.29 is 9.90 Å². The van der Waals surface area contributed by atoms with Gasteiger partial charge < -0.3 is 9.90 Å². The van der Waals surface area contributed by atoms with Gasteiger partial charge in [0.2, 0.25) is 0 Å². The molecule has 110 valence electrons. The second kappa shape index (κ2) is 8.01. The highest BCUT2D eigenvalue weighted by Gasteiger charge is 1.99. The predicted octanol–water partition coefficient (Wildman–Crippen LogP) is 4.06. The van der Waals surface area contributed by atoms with Crippen LogP contribution in [0.15, 0.2) is 84.9 Å². The molecule has 0 bridgehead atoms. The van der Waals surface area contributed by atoms with E-state index >= 15 is 0 Å². The van der Waals surface area contributed by atoms with Crippen molar-refractivity contribution in [2.75, 3.05) is 0 Å². The molecular formula is C19H14ClO2-. The van der Waals surface area contributed by atoms with Crippen LogP contribution in [0.4, 0.5) is 0 Å². The third-order valence-electron chi connectivity index (χ3n) is 2.97. The number of benzene rings is 3. The van der Waals surface area contributed by atoms with Crippen LogP contribution < -0.4 is 5.11 Å². The zero-order valence-electron chi connectivity index (χ0n) is 11.8. The number of carbonyl (C=O) groups excluding carboxylic acids is 1. The minimum Gasteiger partial charge on any atom is -0.545 e. The largest absolute Gasteiger partial charge is 0.545 e. The Morgan fingerprint density at radius 3 is 1.73 bits per heavy atom. The Hall–Kier alpha value is -2.58. The predicted molar refractivity (Wildman–Crippen MR) is 87.7 cm³/mol. The molecule has 0 radical (unpaired) electrons. The van der Waals surface area contributed by atoms with Gasteiger partial charge in [-0.15, -0.1) is 0 Å². The molecule has 3 aromatic rings. The van der Waals surface area contributed by atoms with Gasteiger partial charge in [0.05, 0.1) is 5.97 Å². The molecule has 0 aliphatic rings. The molecule has 0 saturated heterocycles. The first-order valence-electron chi connectivity index (χ1n) is 6.75. The molecule has 0 aliphatic carbocycles. The lowest BCUT2D eigenvalue weighted by atomic mass is 10.1. The van der Waals surface area contributed by atoms with Crippen LogP contribution in [0.1, 0.15) is 10.4 Å². The molecular weight excluding hydrogens is 296 g/mol. The first kappa shape index (κ1) is 15.8. The van der Waals surface area contributed by atoms with Gasteiger partial charge in [0.25, 0.3) is 0 Å². The Bertz CT molecular complexity index is 725. The number of hydrogen-bond acceptors (Lipinski definition) is 2. The lowest BCUT2D eigenvalue weighted by Crippen LogP contribution is -2.21. The van der Waals surface area contributed by atoms with Crippen molar-refractivity contribution in [1.82, 2.24) is 0 Å². The summed E-state index contributed by atoms with van der Waals surface area (Å²) in [5.74, 6) is -1.13. The first-order valence-corrected chi connectivity index (χ1v) is 7.12. The first-order chi connectivity index (χ1) is 10.7. The summed E-state index contributed by atoms with van der Waals surface area (Å²) in [6, 6.07) is 26.1. The fourth-order valence-electron chi connectivity index (χ4n) is 1.89. The molecule has 3 rings (SSSR count). The van der Waals surface area contributed by atoms with Gasteiger partial charge in [-0.3, -0.25) is 0 Å². The average molecular weight is 310 g/mol. The van der Waals surface area contributed by atoms with Crippen molar-refractivity contribution in [3.63, 3.8) is 0 Å². The molecule has 3 aromatic carbocycles. The van der Waals surface area contributed by atoms with E-state index in [0.29, 0.717) is 0 Å². The number of carboxylic acid groups (broad SMARTS) is 1. The summed E-state index contributed by atoms with van der Waals surface area (Å²) in [5.41, 5.74) is 2.47. The molecule has 0 fully saturated rings. The summed E-state index contributed by atoms with van der Waals surface area (Å²) in [7, 11) is 0. The summed E-state index contributed by atoms with van der Waals surface area (Å²) in [4.78, 5) is 10.1. The van der Waals surface area contributed by atoms with Crippen LogP contribution in [0.5, 0.6) is 0 Å². The van der Waals surface area contributed by atoms with Gasteiger partial charge in [0, 0.05) is 10.6 Å². The summed E-state index contributed by atoms with van der Waals surface area (Å²) >= 11 is 6.06. The number of halogens is 1. The molecule has 0 aromatic heterocycles. The summed E-state index contributed by atoms with van der Waals surface area (Å²) < 4.78 is 0. The van der Waals surface area contributed by atoms with Gasteiger partial charge in [0.1, 0.15) is 0 Å². The number of rotatable bonds is 2. The molecule has 0 unspecified atom stereocenters. The second-order valence-electron chi connectivity index (χ2n) is 4.50. The lowest BCUT2D eigenvalue weighted by molar-refractivity contribution is -0.255. The number of carboxylic acids is 1. The van der Waals surface area contributed by atoms with Gasteiger partial charge in [0.15, 0.2) is 0 Å². The Kier molecular flexibility index (Phi) is 5.75. The number of hydrogen-bond donors (Lipinski definition) is 0. The van der Waals surface area contributed by atoms with Crippen LogP contribution in [0, 0.1) is 0 Å². The van der Waals surface area contributed by atoms with E-state index in [-0.39, 0.29) is 5.56 Å². The topological polar surface area (TPSA) is 40.1 Å². The maximum Gasteiger partial charge on any atom is 0.0715 e. The van der Waals surface area contributed by atoms with Crippen LogP contribution >= 0.6 is 11.6 Å². The van der Waals surface area contributed by atoms with Gasteiger partial charge in [-0.25, -0.2) is 0 Å². The average Bonchev–Trinajstić information content (AvgIpc) is 2.57. The van der Waals surface area contributed by atoms with Crippen LogP contribution in [0.2, 0.25) is 5.02 Å². The molecule has 2 nitrogen and oxygen atoms in total. The lowest BCUT2D eigenvalue weighted by Gasteiger charge is -2.02. The normalized spacial score (nSPS) is 9.50. The summed E-state index contributed by atoms with van der Waals surface area (Å²) in [6.45, 7) is 0. The van der Waals surface area contributed by atoms with Crippen LogP contribution in [0.25, 0.3) is 11.1 Å². The highest BCUT2D eigenvalue weighted by Crippen LogP contribution is 2.26. The van der Waals surface area contributed by atoms with E-state index in [1.165, 1.54) is 12.1 Å². The Labute approximate surface area is 134 Å². The minimum absolute atomic E-state index is 0.220. The quantitative estimate of drug-likeness (QED) is 0.716. The highest BCUT2D eigenvalue weighted by molar-refractivity contribution is 6.33. The third kappa shape index (κ3) is 4.47. The Balaban J connectivity index is 0.000000172. The van der Waals surface area contributed by atoms with E-state index in [4.69, 9.17) is 11.6 Å². The molecule has 22 heavy (non-hydrogen) atoms. The van der Waals surface area contributed by atoms with Crippen LogP contribution in [-0.4, -0.2) is 5.97 Å². The standard InChI is InChI=1S/C12H9Cl.C7H6O2/c13-12-9-5-4-8-11(12)10-6-2-1-3-7-10;8-7(9)6-4-2-1-3-5-6/h1-9H;1-5H,(H,8,9)/p-1. The molecule has 0 atom stereocenters. The van der Waals surface area contributed by atoms with E-state index in [1.807, 2.05) is 42.5 Å². The number of aromatic carboxylic acids is 1. The molecule has 0 spiro atoms. The zero-order chi connectivity index (χ0) is 15.8. The molecule has 0 saturated carbocycles. The van der Waals surface area contributed by atoms with Crippen molar-refractivity contribution in [3.8, 4) is 11.1 Å². The monoisotopic (exact) mass is 309 g/mol. The van der Waals surface area contributed by atoms with Crippen molar-refractivity contribution in [3.05, 3.63) is 95.5 Å². The van der Waals surface area contributed by atoms with Gasteiger partial charge in [-0.2, -0.15) is 0 Å². The fourth-order valence-corrected chi connectivity index (χ4v) is 2.13. The van der Waals surface area contributed by atoms with E-state index in [2.05, 4.69) is 12.1 Å². The van der Waals surface area contributed by atoms with E-state index in [9.17, 15) is 9.90 Å². The van der Waals surface area contributed by atoms with Crippen LogP contribution in [-0.2, 0) is 0 Å². The molecule has 0 N–H and O–H groups in total. The van der Waals surface area contributed by atoms with Crippen molar-refractivity contribution in [2.24, 2.45) is 0 Å². The summed E-state index contributed by atoms with van der Waals surface area (Å²) in [5, 5.41) is 10.9. The van der Waals surface area contributed by atoms with Gasteiger partial charge in [-0.05, 0) is 17.2 Å².